The van der Waals surface area contributed by atoms with Gasteiger partial charge in [0.05, 0.1) is 38.1 Å². The number of nitrogens with zero attached hydrogens (tertiary/aromatic N) is 1. The quantitative estimate of drug-likeness (QED) is 0.609. The number of urea groups is 1. The first kappa shape index (κ1) is 24.0. The Balaban J connectivity index is 2.10. The summed E-state index contributed by atoms with van der Waals surface area (Å²) in [5.74, 6) is 1.17. The molecule has 2 aromatic carbocycles. The molecule has 0 aliphatic carbocycles. The molecule has 0 radical (unpaired) electrons. The molecule has 1 aliphatic heterocycles. The van der Waals surface area contributed by atoms with Crippen molar-refractivity contribution >= 4 is 12.0 Å². The lowest BCUT2D eigenvalue weighted by molar-refractivity contribution is -0.139. The van der Waals surface area contributed by atoms with Crippen LogP contribution in [0, 0.1) is 13.8 Å². The van der Waals surface area contributed by atoms with Crippen molar-refractivity contribution < 1.29 is 28.5 Å². The number of ether oxygens (including phenoxy) is 4. The average molecular weight is 455 g/mol. The first-order valence-corrected chi connectivity index (χ1v) is 10.7. The Morgan fingerprint density at radius 1 is 1.03 bits per heavy atom. The lowest BCUT2D eigenvalue weighted by atomic mass is 9.93. The second-order valence-electron chi connectivity index (χ2n) is 7.66. The summed E-state index contributed by atoms with van der Waals surface area (Å²) in [7, 11) is 4.66. The molecule has 0 aromatic heterocycles. The Morgan fingerprint density at radius 3 is 2.39 bits per heavy atom. The van der Waals surface area contributed by atoms with E-state index in [1.54, 1.807) is 39.3 Å². The van der Waals surface area contributed by atoms with Gasteiger partial charge in [-0.15, -0.1) is 0 Å². The molecule has 1 atom stereocenters. The number of esters is 1. The van der Waals surface area contributed by atoms with Crippen LogP contribution in [-0.4, -0.2) is 51.4 Å². The van der Waals surface area contributed by atoms with Gasteiger partial charge in [0.2, 0.25) is 0 Å². The minimum Gasteiger partial charge on any atom is -0.497 e. The summed E-state index contributed by atoms with van der Waals surface area (Å²) in [6.07, 6.45) is 0. The van der Waals surface area contributed by atoms with E-state index in [1.807, 2.05) is 32.0 Å². The smallest absolute Gasteiger partial charge is 0.338 e. The topological polar surface area (TPSA) is 86.3 Å². The van der Waals surface area contributed by atoms with Gasteiger partial charge < -0.3 is 24.3 Å². The second kappa shape index (κ2) is 10.3. The summed E-state index contributed by atoms with van der Waals surface area (Å²) in [6.45, 7) is 5.94. The highest BCUT2D eigenvalue weighted by Crippen LogP contribution is 2.37. The third-order valence-electron chi connectivity index (χ3n) is 5.67. The highest BCUT2D eigenvalue weighted by molar-refractivity contribution is 5.95. The van der Waals surface area contributed by atoms with Crippen LogP contribution in [0.2, 0.25) is 0 Å². The summed E-state index contributed by atoms with van der Waals surface area (Å²) < 4.78 is 22.2. The standard InChI is InChI=1S/C25H30N2O6/c1-7-32-24(28)22-20(14-33-18-9-8-15(2)16(3)12-18)27(4)25(29)26-23(22)19-13-17(30-5)10-11-21(19)31-6/h8-13,23H,7,14H2,1-6H3,(H,26,29)/t23-/m0/s1. The molecule has 0 spiro atoms. The molecule has 3 rings (SSSR count). The molecule has 8 heteroatoms. The van der Waals surface area contributed by atoms with Gasteiger partial charge in [0.25, 0.3) is 0 Å². The summed E-state index contributed by atoms with van der Waals surface area (Å²) in [5.41, 5.74) is 3.48. The van der Waals surface area contributed by atoms with Gasteiger partial charge in [0.15, 0.2) is 0 Å². The van der Waals surface area contributed by atoms with Crippen molar-refractivity contribution in [2.45, 2.75) is 26.8 Å². The van der Waals surface area contributed by atoms with E-state index in [1.165, 1.54) is 12.0 Å². The van der Waals surface area contributed by atoms with Crippen molar-refractivity contribution in [1.29, 1.82) is 0 Å². The predicted molar refractivity (Wildman–Crippen MR) is 124 cm³/mol. The molecule has 0 bridgehead atoms. The number of methoxy groups -OCH3 is 2. The molecule has 1 N–H and O–H groups in total. The maximum absolute atomic E-state index is 13.1. The number of rotatable bonds is 8. The summed E-state index contributed by atoms with van der Waals surface area (Å²) >= 11 is 0. The van der Waals surface area contributed by atoms with Gasteiger partial charge >= 0.3 is 12.0 Å². The minimum absolute atomic E-state index is 0.00333. The summed E-state index contributed by atoms with van der Waals surface area (Å²) in [6, 6.07) is 9.77. The monoisotopic (exact) mass is 454 g/mol. The minimum atomic E-state index is -0.809. The second-order valence-corrected chi connectivity index (χ2v) is 7.66. The number of nitrogens with one attached hydrogen (secondary N) is 1. The molecule has 0 saturated carbocycles. The van der Waals surface area contributed by atoms with Gasteiger partial charge in [-0.05, 0) is 62.2 Å². The molecule has 1 aliphatic rings. The van der Waals surface area contributed by atoms with Crippen LogP contribution >= 0.6 is 0 Å². The van der Waals surface area contributed by atoms with Gasteiger partial charge in [-0.25, -0.2) is 9.59 Å². The van der Waals surface area contributed by atoms with Gasteiger partial charge in [-0.1, -0.05) is 6.07 Å². The van der Waals surface area contributed by atoms with Gasteiger partial charge in [-0.2, -0.15) is 0 Å². The lowest BCUT2D eigenvalue weighted by Crippen LogP contribution is -2.48. The maximum Gasteiger partial charge on any atom is 0.338 e. The Bertz CT molecular complexity index is 1080. The fourth-order valence-corrected chi connectivity index (χ4v) is 3.64. The molecule has 33 heavy (non-hydrogen) atoms. The zero-order valence-electron chi connectivity index (χ0n) is 19.9. The van der Waals surface area contributed by atoms with Crippen LogP contribution in [0.25, 0.3) is 0 Å². The van der Waals surface area contributed by atoms with Crippen molar-refractivity contribution in [3.8, 4) is 17.2 Å². The molecule has 2 aromatic rings. The number of amides is 2. The van der Waals surface area contributed by atoms with Crippen LogP contribution < -0.4 is 19.5 Å². The third kappa shape index (κ3) is 5.05. The van der Waals surface area contributed by atoms with E-state index < -0.39 is 12.0 Å². The van der Waals surface area contributed by atoms with Gasteiger partial charge in [0.1, 0.15) is 23.9 Å². The van der Waals surface area contributed by atoms with Crippen molar-refractivity contribution in [1.82, 2.24) is 10.2 Å². The first-order valence-electron chi connectivity index (χ1n) is 10.7. The summed E-state index contributed by atoms with van der Waals surface area (Å²) in [4.78, 5) is 27.4. The lowest BCUT2D eigenvalue weighted by Gasteiger charge is -2.35. The van der Waals surface area contributed by atoms with E-state index in [0.29, 0.717) is 28.5 Å². The number of likely N-dealkylation sites (N-methyl/N-ethyl adjacent to an activating group) is 1. The van der Waals surface area contributed by atoms with Crippen molar-refractivity contribution in [3.63, 3.8) is 0 Å². The van der Waals surface area contributed by atoms with Crippen LogP contribution in [0.4, 0.5) is 4.79 Å². The molecule has 176 valence electrons. The number of hydrogen-bond donors (Lipinski definition) is 1. The van der Waals surface area contributed by atoms with Crippen molar-refractivity contribution in [3.05, 3.63) is 64.4 Å². The van der Waals surface area contributed by atoms with Crippen LogP contribution in [0.3, 0.4) is 0 Å². The Hall–Kier alpha value is -3.68. The van der Waals surface area contributed by atoms with E-state index in [2.05, 4.69) is 5.32 Å². The van der Waals surface area contributed by atoms with Crippen LogP contribution in [0.15, 0.2) is 47.7 Å². The average Bonchev–Trinajstić information content (AvgIpc) is 2.81. The van der Waals surface area contributed by atoms with Gasteiger partial charge in [-0.3, -0.25) is 4.90 Å². The fraction of sp³-hybridized carbons (Fsp3) is 0.360. The fourth-order valence-electron chi connectivity index (χ4n) is 3.64. The van der Waals surface area contributed by atoms with E-state index >= 15 is 0 Å². The zero-order chi connectivity index (χ0) is 24.1. The van der Waals surface area contributed by atoms with E-state index in [9.17, 15) is 9.59 Å². The molecule has 0 saturated heterocycles. The maximum atomic E-state index is 13.1. The van der Waals surface area contributed by atoms with Crippen molar-refractivity contribution in [2.75, 3.05) is 34.5 Å². The molecular weight excluding hydrogens is 424 g/mol. The predicted octanol–water partition coefficient (Wildman–Crippen LogP) is 3.91. The van der Waals surface area contributed by atoms with Crippen molar-refractivity contribution in [2.24, 2.45) is 0 Å². The van der Waals surface area contributed by atoms with Crippen LogP contribution in [-0.2, 0) is 9.53 Å². The molecule has 8 nitrogen and oxygen atoms in total. The number of carbonyl (C=O) groups excluding carboxylic acids is 2. The molecule has 2 amide bonds. The highest BCUT2D eigenvalue weighted by Gasteiger charge is 2.38. The third-order valence-corrected chi connectivity index (χ3v) is 5.67. The molecular formula is C25H30N2O6. The van der Waals surface area contributed by atoms with Gasteiger partial charge in [0, 0.05) is 12.6 Å². The molecule has 0 unspecified atom stereocenters. The highest BCUT2D eigenvalue weighted by atomic mass is 16.5. The Labute approximate surface area is 194 Å². The van der Waals surface area contributed by atoms with E-state index in [0.717, 1.165) is 11.1 Å². The Kier molecular flexibility index (Phi) is 7.48. The zero-order valence-corrected chi connectivity index (χ0v) is 19.9. The number of hydrogen-bond acceptors (Lipinski definition) is 6. The number of carbonyl (C=O) groups is 2. The number of benzene rings is 2. The molecule has 1 heterocycles. The summed E-state index contributed by atoms with van der Waals surface area (Å²) in [5, 5.41) is 2.88. The SMILES string of the molecule is CCOC(=O)C1=C(COc2ccc(C)c(C)c2)N(C)C(=O)N[C@H]1c1cc(OC)ccc1OC. The largest absolute Gasteiger partial charge is 0.497 e. The normalized spacial score (nSPS) is 15.8. The van der Waals surface area contributed by atoms with E-state index in [-0.39, 0.29) is 24.8 Å². The number of aryl methyl sites for hydroxylation is 2. The van der Waals surface area contributed by atoms with E-state index in [4.69, 9.17) is 18.9 Å². The Morgan fingerprint density at radius 2 is 1.76 bits per heavy atom. The molecule has 0 fully saturated rings. The van der Waals surface area contributed by atoms with Crippen LogP contribution in [0.1, 0.15) is 29.7 Å². The first-order chi connectivity index (χ1) is 15.8. The van der Waals surface area contributed by atoms with Crippen LogP contribution in [0.5, 0.6) is 17.2 Å².